The van der Waals surface area contributed by atoms with Crippen LogP contribution in [0.15, 0.2) is 47.1 Å². The monoisotopic (exact) mass is 341 g/mol. The fourth-order valence-corrected chi connectivity index (χ4v) is 2.90. The summed E-state index contributed by atoms with van der Waals surface area (Å²) in [4.78, 5) is 4.66. The number of rotatable bonds is 3. The molecule has 2 heterocycles. The van der Waals surface area contributed by atoms with Crippen molar-refractivity contribution >= 4 is 21.6 Å². The highest BCUT2D eigenvalue weighted by atomic mass is 79.9. The number of methoxy groups -OCH3 is 1. The van der Waals surface area contributed by atoms with Crippen molar-refractivity contribution in [1.82, 2.24) is 9.38 Å². The molecule has 0 bridgehead atoms. The molecule has 4 nitrogen and oxygen atoms in total. The summed E-state index contributed by atoms with van der Waals surface area (Å²) in [6.45, 7) is 0. The first kappa shape index (κ1) is 13.7. The zero-order chi connectivity index (χ0) is 14.8. The van der Waals surface area contributed by atoms with Gasteiger partial charge in [0.05, 0.1) is 35.6 Å². The van der Waals surface area contributed by atoms with Gasteiger partial charge in [0, 0.05) is 5.56 Å². The minimum atomic E-state index is 0.288. The number of nitrogens with zero attached hydrogens (tertiary/aromatic N) is 3. The van der Waals surface area contributed by atoms with Crippen molar-refractivity contribution in [2.75, 3.05) is 7.11 Å². The van der Waals surface area contributed by atoms with Crippen LogP contribution in [0.3, 0.4) is 0 Å². The molecule has 1 aromatic carbocycles. The quantitative estimate of drug-likeness (QED) is 0.680. The van der Waals surface area contributed by atoms with E-state index in [9.17, 15) is 0 Å². The molecule has 3 aromatic rings. The average Bonchev–Trinajstić information content (AvgIpc) is 2.88. The van der Waals surface area contributed by atoms with E-state index >= 15 is 0 Å². The first-order valence-corrected chi connectivity index (χ1v) is 7.21. The third-order valence-electron chi connectivity index (χ3n) is 3.28. The molecular weight excluding hydrogens is 330 g/mol. The molecule has 0 amide bonds. The Morgan fingerprint density at radius 1 is 1.29 bits per heavy atom. The van der Waals surface area contributed by atoms with E-state index in [1.54, 1.807) is 7.11 Å². The Labute approximate surface area is 130 Å². The van der Waals surface area contributed by atoms with Gasteiger partial charge in [0.25, 0.3) is 0 Å². The Hall–Kier alpha value is -2.32. The van der Waals surface area contributed by atoms with Crippen LogP contribution < -0.4 is 4.74 Å². The molecule has 0 spiro atoms. The Morgan fingerprint density at radius 3 is 2.86 bits per heavy atom. The second kappa shape index (κ2) is 5.58. The van der Waals surface area contributed by atoms with Crippen LogP contribution in [0, 0.1) is 11.3 Å². The number of ether oxygens (including phenoxy) is 1. The summed E-state index contributed by atoms with van der Waals surface area (Å²) in [6, 6.07) is 15.7. The lowest BCUT2D eigenvalue weighted by Crippen LogP contribution is -1.95. The van der Waals surface area contributed by atoms with Crippen LogP contribution >= 0.6 is 15.9 Å². The lowest BCUT2D eigenvalue weighted by Gasteiger charge is -2.05. The van der Waals surface area contributed by atoms with Gasteiger partial charge in [-0.3, -0.25) is 4.40 Å². The number of fused-ring (bicyclic) bond motifs is 1. The summed E-state index contributed by atoms with van der Waals surface area (Å²) < 4.78 is 8.10. The molecule has 3 rings (SSSR count). The van der Waals surface area contributed by atoms with Gasteiger partial charge in [0.15, 0.2) is 0 Å². The first-order valence-electron chi connectivity index (χ1n) is 6.42. The normalized spacial score (nSPS) is 10.5. The molecule has 0 aliphatic carbocycles. The molecule has 0 aliphatic heterocycles. The molecule has 0 aliphatic rings. The van der Waals surface area contributed by atoms with Gasteiger partial charge in [-0.1, -0.05) is 18.2 Å². The minimum absolute atomic E-state index is 0.288. The fourth-order valence-electron chi connectivity index (χ4n) is 2.35. The number of aromatic nitrogens is 2. The van der Waals surface area contributed by atoms with Gasteiger partial charge >= 0.3 is 0 Å². The molecule has 5 heteroatoms. The summed E-state index contributed by atoms with van der Waals surface area (Å²) in [7, 11) is 1.63. The van der Waals surface area contributed by atoms with E-state index in [0.717, 1.165) is 33.0 Å². The summed E-state index contributed by atoms with van der Waals surface area (Å²) in [5, 5.41) is 9.13. The third-order valence-corrected chi connectivity index (χ3v) is 3.90. The average molecular weight is 342 g/mol. The Bertz CT molecular complexity index is 848. The first-order chi connectivity index (χ1) is 10.2. The molecule has 0 saturated carbocycles. The maximum Gasteiger partial charge on any atom is 0.138 e. The molecule has 21 heavy (non-hydrogen) atoms. The van der Waals surface area contributed by atoms with Crippen LogP contribution in [0.5, 0.6) is 5.75 Å². The molecule has 0 N–H and O–H groups in total. The predicted molar refractivity (Wildman–Crippen MR) is 84.2 cm³/mol. The SMILES string of the molecule is COc1cccc(-c2nc3cccc(Br)n3c2CC#N)c1. The second-order valence-corrected chi connectivity index (χ2v) is 5.33. The molecule has 2 aromatic heterocycles. The fraction of sp³-hybridized carbons (Fsp3) is 0.125. The number of imidazole rings is 1. The third kappa shape index (κ3) is 2.39. The number of nitriles is 1. The summed E-state index contributed by atoms with van der Waals surface area (Å²) in [5.74, 6) is 0.770. The Morgan fingerprint density at radius 2 is 2.10 bits per heavy atom. The Kier molecular flexibility index (Phi) is 3.63. The molecule has 104 valence electrons. The van der Waals surface area contributed by atoms with Gasteiger partial charge in [0.1, 0.15) is 11.4 Å². The van der Waals surface area contributed by atoms with Crippen molar-refractivity contribution < 1.29 is 4.74 Å². The largest absolute Gasteiger partial charge is 0.497 e. The van der Waals surface area contributed by atoms with E-state index in [1.807, 2.05) is 46.9 Å². The van der Waals surface area contributed by atoms with E-state index in [4.69, 9.17) is 10.00 Å². The number of hydrogen-bond donors (Lipinski definition) is 0. The van der Waals surface area contributed by atoms with Crippen LogP contribution in [-0.4, -0.2) is 16.5 Å². The zero-order valence-electron chi connectivity index (χ0n) is 11.4. The van der Waals surface area contributed by atoms with Crippen molar-refractivity contribution in [3.63, 3.8) is 0 Å². The van der Waals surface area contributed by atoms with Crippen molar-refractivity contribution in [2.24, 2.45) is 0 Å². The van der Waals surface area contributed by atoms with Crippen LogP contribution in [-0.2, 0) is 6.42 Å². The van der Waals surface area contributed by atoms with Gasteiger partial charge in [-0.2, -0.15) is 5.26 Å². The summed E-state index contributed by atoms with van der Waals surface area (Å²) in [5.41, 5.74) is 3.43. The highest BCUT2D eigenvalue weighted by Crippen LogP contribution is 2.29. The predicted octanol–water partition coefficient (Wildman–Crippen LogP) is 3.84. The second-order valence-electron chi connectivity index (χ2n) is 4.52. The molecule has 0 fully saturated rings. The van der Waals surface area contributed by atoms with Gasteiger partial charge in [-0.25, -0.2) is 4.98 Å². The number of benzene rings is 1. The maximum atomic E-state index is 9.13. The lowest BCUT2D eigenvalue weighted by molar-refractivity contribution is 0.415. The smallest absolute Gasteiger partial charge is 0.138 e. The number of halogens is 1. The van der Waals surface area contributed by atoms with E-state index < -0.39 is 0 Å². The van der Waals surface area contributed by atoms with Crippen LogP contribution in [0.2, 0.25) is 0 Å². The Balaban J connectivity index is 2.29. The highest BCUT2D eigenvalue weighted by molar-refractivity contribution is 9.10. The van der Waals surface area contributed by atoms with Gasteiger partial charge < -0.3 is 4.74 Å². The van der Waals surface area contributed by atoms with Crippen LogP contribution in [0.25, 0.3) is 16.9 Å². The van der Waals surface area contributed by atoms with E-state index in [-0.39, 0.29) is 6.42 Å². The number of pyridine rings is 1. The van der Waals surface area contributed by atoms with Gasteiger partial charge in [-0.05, 0) is 40.2 Å². The van der Waals surface area contributed by atoms with Gasteiger partial charge in [-0.15, -0.1) is 0 Å². The molecule has 0 radical (unpaired) electrons. The summed E-state index contributed by atoms with van der Waals surface area (Å²) >= 11 is 3.52. The summed E-state index contributed by atoms with van der Waals surface area (Å²) in [6.07, 6.45) is 0.288. The van der Waals surface area contributed by atoms with Crippen LogP contribution in [0.1, 0.15) is 5.69 Å². The van der Waals surface area contributed by atoms with Crippen LogP contribution in [0.4, 0.5) is 0 Å². The topological polar surface area (TPSA) is 50.3 Å². The highest BCUT2D eigenvalue weighted by Gasteiger charge is 2.15. The van der Waals surface area contributed by atoms with E-state index in [1.165, 1.54) is 0 Å². The molecular formula is C16H12BrN3O. The zero-order valence-corrected chi connectivity index (χ0v) is 13.0. The van der Waals surface area contributed by atoms with E-state index in [2.05, 4.69) is 27.0 Å². The molecule has 0 unspecified atom stereocenters. The standard InChI is InChI=1S/C16H12BrN3O/c1-21-12-5-2-4-11(10-12)16-13(8-9-18)20-14(17)6-3-7-15(20)19-16/h2-7,10H,8H2,1H3. The van der Waals surface area contributed by atoms with Crippen molar-refractivity contribution in [1.29, 1.82) is 5.26 Å². The molecule has 0 saturated heterocycles. The lowest BCUT2D eigenvalue weighted by atomic mass is 10.1. The molecule has 0 atom stereocenters. The maximum absolute atomic E-state index is 9.13. The van der Waals surface area contributed by atoms with Crippen molar-refractivity contribution in [2.45, 2.75) is 6.42 Å². The minimum Gasteiger partial charge on any atom is -0.497 e. The number of hydrogen-bond acceptors (Lipinski definition) is 3. The van der Waals surface area contributed by atoms with Crippen molar-refractivity contribution in [3.05, 3.63) is 52.8 Å². The van der Waals surface area contributed by atoms with Gasteiger partial charge in [0.2, 0.25) is 0 Å². The van der Waals surface area contributed by atoms with Crippen molar-refractivity contribution in [3.8, 4) is 23.1 Å². The van der Waals surface area contributed by atoms with E-state index in [0.29, 0.717) is 0 Å².